The van der Waals surface area contributed by atoms with Crippen LogP contribution in [-0.2, 0) is 0 Å². The van der Waals surface area contributed by atoms with Crippen LogP contribution in [0.5, 0.6) is 11.5 Å². The molecule has 0 aliphatic heterocycles. The lowest BCUT2D eigenvalue weighted by Crippen LogP contribution is -2.24. The summed E-state index contributed by atoms with van der Waals surface area (Å²) in [6.07, 6.45) is 3.63. The van der Waals surface area contributed by atoms with Crippen molar-refractivity contribution in [3.8, 4) is 11.5 Å². The first-order valence-corrected chi connectivity index (χ1v) is 5.86. The Morgan fingerprint density at radius 1 is 1.53 bits per heavy atom. The lowest BCUT2D eigenvalue weighted by molar-refractivity contribution is 0.0952. The molecule has 0 radical (unpaired) electrons. The number of phenolic OH excluding ortho intramolecular Hbond substituents is 1. The van der Waals surface area contributed by atoms with Crippen molar-refractivity contribution < 1.29 is 14.6 Å². The molecule has 1 saturated carbocycles. The summed E-state index contributed by atoms with van der Waals surface area (Å²) in [5.41, 5.74) is 0.457. The van der Waals surface area contributed by atoms with Crippen LogP contribution in [-0.4, -0.2) is 24.7 Å². The fraction of sp³-hybridized carbons (Fsp3) is 0.462. The number of ether oxygens (including phenoxy) is 1. The number of hydrogen-bond donors (Lipinski definition) is 2. The first-order chi connectivity index (χ1) is 8.20. The maximum Gasteiger partial charge on any atom is 0.251 e. The van der Waals surface area contributed by atoms with Gasteiger partial charge in [0.25, 0.3) is 5.91 Å². The van der Waals surface area contributed by atoms with Gasteiger partial charge in [0.1, 0.15) is 0 Å². The van der Waals surface area contributed by atoms with Gasteiger partial charge in [-0.05, 0) is 30.5 Å². The van der Waals surface area contributed by atoms with E-state index in [-0.39, 0.29) is 11.7 Å². The molecule has 0 heterocycles. The number of benzene rings is 1. The fourth-order valence-corrected chi connectivity index (χ4v) is 1.73. The minimum absolute atomic E-state index is 0.0117. The van der Waals surface area contributed by atoms with Crippen LogP contribution in [0.4, 0.5) is 0 Å². The van der Waals surface area contributed by atoms with Gasteiger partial charge in [0.15, 0.2) is 11.5 Å². The topological polar surface area (TPSA) is 58.6 Å². The van der Waals surface area contributed by atoms with E-state index in [9.17, 15) is 9.90 Å². The number of nitrogens with one attached hydrogen (secondary N) is 1. The summed E-state index contributed by atoms with van der Waals surface area (Å²) >= 11 is 0. The first kappa shape index (κ1) is 11.8. The van der Waals surface area contributed by atoms with Gasteiger partial charge < -0.3 is 15.2 Å². The molecular formula is C13H17NO3. The highest BCUT2D eigenvalue weighted by Gasteiger charge is 2.20. The molecule has 17 heavy (non-hydrogen) atoms. The molecule has 0 unspecified atom stereocenters. The van der Waals surface area contributed by atoms with Crippen molar-refractivity contribution in [2.24, 2.45) is 5.92 Å². The maximum atomic E-state index is 11.7. The summed E-state index contributed by atoms with van der Waals surface area (Å²) in [6, 6.07) is 4.65. The third-order valence-corrected chi connectivity index (χ3v) is 2.98. The van der Waals surface area contributed by atoms with E-state index in [1.165, 1.54) is 26.0 Å². The van der Waals surface area contributed by atoms with Crippen LogP contribution in [0.2, 0.25) is 0 Å². The Kier molecular flexibility index (Phi) is 3.52. The van der Waals surface area contributed by atoms with Gasteiger partial charge in [0, 0.05) is 12.1 Å². The molecule has 0 aromatic heterocycles. The van der Waals surface area contributed by atoms with E-state index < -0.39 is 0 Å². The van der Waals surface area contributed by atoms with E-state index in [4.69, 9.17) is 4.74 Å². The van der Waals surface area contributed by atoms with Gasteiger partial charge in [-0.1, -0.05) is 12.8 Å². The molecule has 2 rings (SSSR count). The first-order valence-electron chi connectivity index (χ1n) is 5.86. The molecular weight excluding hydrogens is 218 g/mol. The smallest absolute Gasteiger partial charge is 0.251 e. The second kappa shape index (κ2) is 5.08. The summed E-state index contributed by atoms with van der Waals surface area (Å²) in [7, 11) is 1.48. The normalized spacial score (nSPS) is 14.4. The van der Waals surface area contributed by atoms with Gasteiger partial charge in [0.2, 0.25) is 0 Å². The molecule has 4 heteroatoms. The quantitative estimate of drug-likeness (QED) is 0.819. The fourth-order valence-electron chi connectivity index (χ4n) is 1.73. The number of amides is 1. The molecule has 1 aliphatic rings. The van der Waals surface area contributed by atoms with Gasteiger partial charge in [-0.3, -0.25) is 4.79 Å². The van der Waals surface area contributed by atoms with E-state index in [1.807, 2.05) is 0 Å². The molecule has 0 atom stereocenters. The Morgan fingerprint density at radius 2 is 2.29 bits per heavy atom. The summed E-state index contributed by atoms with van der Waals surface area (Å²) in [6.45, 7) is 0.705. The van der Waals surface area contributed by atoms with Crippen LogP contribution >= 0.6 is 0 Å². The van der Waals surface area contributed by atoms with E-state index in [1.54, 1.807) is 12.1 Å². The van der Waals surface area contributed by atoms with E-state index >= 15 is 0 Å². The van der Waals surface area contributed by atoms with Gasteiger partial charge in [0.05, 0.1) is 7.11 Å². The molecule has 1 aliphatic carbocycles. The highest BCUT2D eigenvalue weighted by Crippen LogP contribution is 2.31. The predicted molar refractivity (Wildman–Crippen MR) is 64.3 cm³/mol. The number of aromatic hydroxyl groups is 1. The molecule has 92 valence electrons. The average Bonchev–Trinajstić information content (AvgIpc) is 3.13. The lowest BCUT2D eigenvalue weighted by atomic mass is 10.2. The minimum atomic E-state index is -0.149. The molecule has 0 saturated heterocycles. The second-order valence-corrected chi connectivity index (χ2v) is 4.37. The third kappa shape index (κ3) is 3.12. The van der Waals surface area contributed by atoms with Crippen LogP contribution in [0.1, 0.15) is 29.6 Å². The number of carbonyl (C=O) groups is 1. The molecule has 0 spiro atoms. The Balaban J connectivity index is 1.90. The zero-order valence-electron chi connectivity index (χ0n) is 9.90. The van der Waals surface area contributed by atoms with Crippen molar-refractivity contribution in [2.75, 3.05) is 13.7 Å². The molecule has 1 fully saturated rings. The molecule has 0 bridgehead atoms. The van der Waals surface area contributed by atoms with Crippen LogP contribution < -0.4 is 10.1 Å². The summed E-state index contributed by atoms with van der Waals surface area (Å²) in [5.74, 6) is 1.02. The van der Waals surface area contributed by atoms with E-state index in [0.717, 1.165) is 12.3 Å². The van der Waals surface area contributed by atoms with Gasteiger partial charge >= 0.3 is 0 Å². The minimum Gasteiger partial charge on any atom is -0.504 e. The van der Waals surface area contributed by atoms with Crippen molar-refractivity contribution in [1.29, 1.82) is 0 Å². The van der Waals surface area contributed by atoms with Crippen LogP contribution in [0.25, 0.3) is 0 Å². The zero-order chi connectivity index (χ0) is 12.3. The number of phenols is 1. The van der Waals surface area contributed by atoms with Gasteiger partial charge in [-0.15, -0.1) is 0 Å². The third-order valence-electron chi connectivity index (χ3n) is 2.98. The van der Waals surface area contributed by atoms with Crippen molar-refractivity contribution in [1.82, 2.24) is 5.32 Å². The average molecular weight is 235 g/mol. The SMILES string of the molecule is COc1ccc(C(=O)NCCC2CC2)cc1O. The molecule has 4 nitrogen and oxygen atoms in total. The van der Waals surface area contributed by atoms with Crippen molar-refractivity contribution in [3.05, 3.63) is 23.8 Å². The Labute approximate surface area is 101 Å². The van der Waals surface area contributed by atoms with Gasteiger partial charge in [-0.25, -0.2) is 0 Å². The lowest BCUT2D eigenvalue weighted by Gasteiger charge is -2.07. The number of rotatable bonds is 5. The van der Waals surface area contributed by atoms with Crippen molar-refractivity contribution in [3.63, 3.8) is 0 Å². The van der Waals surface area contributed by atoms with Gasteiger partial charge in [-0.2, -0.15) is 0 Å². The molecule has 1 aromatic rings. The Hall–Kier alpha value is -1.71. The predicted octanol–water partition coefficient (Wildman–Crippen LogP) is 1.93. The highest BCUT2D eigenvalue weighted by molar-refractivity contribution is 5.94. The molecule has 1 aromatic carbocycles. The van der Waals surface area contributed by atoms with Crippen molar-refractivity contribution >= 4 is 5.91 Å². The summed E-state index contributed by atoms with van der Waals surface area (Å²) in [4.78, 5) is 11.7. The van der Waals surface area contributed by atoms with Crippen LogP contribution in [0.15, 0.2) is 18.2 Å². The van der Waals surface area contributed by atoms with Crippen LogP contribution in [0.3, 0.4) is 0 Å². The summed E-state index contributed by atoms with van der Waals surface area (Å²) < 4.78 is 4.92. The number of carbonyl (C=O) groups excluding carboxylic acids is 1. The maximum absolute atomic E-state index is 11.7. The highest BCUT2D eigenvalue weighted by atomic mass is 16.5. The zero-order valence-corrected chi connectivity index (χ0v) is 9.90. The van der Waals surface area contributed by atoms with E-state index in [0.29, 0.717) is 17.9 Å². The van der Waals surface area contributed by atoms with Crippen LogP contribution in [0, 0.1) is 5.92 Å². The Morgan fingerprint density at radius 3 is 2.88 bits per heavy atom. The number of hydrogen-bond acceptors (Lipinski definition) is 3. The second-order valence-electron chi connectivity index (χ2n) is 4.37. The summed E-state index contributed by atoms with van der Waals surface area (Å²) in [5, 5.41) is 12.4. The molecule has 1 amide bonds. The van der Waals surface area contributed by atoms with Crippen molar-refractivity contribution in [2.45, 2.75) is 19.3 Å². The number of methoxy groups -OCH3 is 1. The van der Waals surface area contributed by atoms with E-state index in [2.05, 4.69) is 5.32 Å². The monoisotopic (exact) mass is 235 g/mol. The largest absolute Gasteiger partial charge is 0.504 e. The standard InChI is InChI=1S/C13H17NO3/c1-17-12-5-4-10(8-11(12)15)13(16)14-7-6-9-2-3-9/h4-5,8-9,15H,2-3,6-7H2,1H3,(H,14,16). The molecule has 2 N–H and O–H groups in total. The Bertz CT molecular complexity index is 413.